The number of benzene rings is 1. The van der Waals surface area contributed by atoms with Crippen LogP contribution in [0.4, 0.5) is 0 Å². The van der Waals surface area contributed by atoms with Crippen LogP contribution in [0.25, 0.3) is 0 Å². The van der Waals surface area contributed by atoms with E-state index in [9.17, 15) is 4.79 Å². The summed E-state index contributed by atoms with van der Waals surface area (Å²) in [5.74, 6) is 0.839. The summed E-state index contributed by atoms with van der Waals surface area (Å²) in [6, 6.07) is 8.32. The van der Waals surface area contributed by atoms with Gasteiger partial charge >= 0.3 is 0 Å². The number of hydrogen-bond acceptors (Lipinski definition) is 2. The van der Waals surface area contributed by atoms with Gasteiger partial charge in [-0.25, -0.2) is 5.43 Å². The van der Waals surface area contributed by atoms with Crippen molar-refractivity contribution in [2.75, 3.05) is 6.54 Å². The molecule has 2 fully saturated rings. The molecule has 0 radical (unpaired) electrons. The number of hydrogen-bond donors (Lipinski definition) is 1. The summed E-state index contributed by atoms with van der Waals surface area (Å²) < 4.78 is 0. The Labute approximate surface area is 138 Å². The summed E-state index contributed by atoms with van der Waals surface area (Å²) in [7, 11) is 0. The topological polar surface area (TPSA) is 32.3 Å². The Morgan fingerprint density at radius 2 is 1.77 bits per heavy atom. The van der Waals surface area contributed by atoms with Crippen LogP contribution in [0.5, 0.6) is 0 Å². The van der Waals surface area contributed by atoms with E-state index in [1.165, 1.54) is 37.7 Å². The molecule has 4 heteroatoms. The molecule has 120 valence electrons. The van der Waals surface area contributed by atoms with Crippen molar-refractivity contribution in [1.29, 1.82) is 0 Å². The van der Waals surface area contributed by atoms with Gasteiger partial charge < -0.3 is 0 Å². The summed E-state index contributed by atoms with van der Waals surface area (Å²) in [6.45, 7) is 0.829. The Morgan fingerprint density at radius 1 is 1.05 bits per heavy atom. The van der Waals surface area contributed by atoms with Crippen LogP contribution >= 0.6 is 11.6 Å². The van der Waals surface area contributed by atoms with E-state index in [1.807, 2.05) is 17.1 Å². The second-order valence-corrected chi connectivity index (χ2v) is 7.00. The molecule has 2 aliphatic rings. The summed E-state index contributed by atoms with van der Waals surface area (Å²) >= 11 is 6.03. The summed E-state index contributed by atoms with van der Waals surface area (Å²) in [4.78, 5) is 12.1. The van der Waals surface area contributed by atoms with Gasteiger partial charge in [0, 0.05) is 18.0 Å². The van der Waals surface area contributed by atoms with Crippen LogP contribution < -0.4 is 5.43 Å². The van der Waals surface area contributed by atoms with E-state index in [-0.39, 0.29) is 11.9 Å². The highest BCUT2D eigenvalue weighted by Gasteiger charge is 2.29. The third-order valence-electron chi connectivity index (χ3n) is 4.97. The number of rotatable bonds is 4. The van der Waals surface area contributed by atoms with Crippen LogP contribution in [0, 0.1) is 5.92 Å². The van der Waals surface area contributed by atoms with Crippen molar-refractivity contribution in [1.82, 2.24) is 10.4 Å². The zero-order chi connectivity index (χ0) is 15.4. The number of halogens is 1. The molecule has 1 aliphatic carbocycles. The third-order valence-corrected chi connectivity index (χ3v) is 5.22. The summed E-state index contributed by atoms with van der Waals surface area (Å²) in [6.07, 6.45) is 9.19. The summed E-state index contributed by atoms with van der Waals surface area (Å²) in [5, 5.41) is 2.62. The van der Waals surface area contributed by atoms with E-state index >= 15 is 0 Å². The molecule has 0 spiro atoms. The van der Waals surface area contributed by atoms with Crippen LogP contribution in [0.3, 0.4) is 0 Å². The molecule has 0 bridgehead atoms. The monoisotopic (exact) mass is 320 g/mol. The second-order valence-electron chi connectivity index (χ2n) is 6.56. The van der Waals surface area contributed by atoms with Gasteiger partial charge in [0.1, 0.15) is 0 Å². The lowest BCUT2D eigenvalue weighted by molar-refractivity contribution is -0.138. The number of hydrazine groups is 1. The molecule has 1 aromatic carbocycles. The zero-order valence-corrected chi connectivity index (χ0v) is 13.8. The van der Waals surface area contributed by atoms with Gasteiger partial charge in [-0.1, -0.05) is 43.0 Å². The minimum Gasteiger partial charge on any atom is -0.277 e. The van der Waals surface area contributed by atoms with Crippen molar-refractivity contribution in [3.05, 3.63) is 34.9 Å². The molecular weight excluding hydrogens is 296 g/mol. The Hall–Kier alpha value is -1.06. The highest BCUT2D eigenvalue weighted by atomic mass is 35.5. The molecule has 22 heavy (non-hydrogen) atoms. The van der Waals surface area contributed by atoms with Crippen LogP contribution in [-0.2, 0) is 4.79 Å². The van der Waals surface area contributed by atoms with Gasteiger partial charge in [0.05, 0.1) is 6.04 Å². The quantitative estimate of drug-likeness (QED) is 0.887. The Bertz CT molecular complexity index is 496. The molecule has 1 atom stereocenters. The highest BCUT2D eigenvalue weighted by molar-refractivity contribution is 6.30. The molecule has 0 aromatic heterocycles. The second kappa shape index (κ2) is 7.47. The Morgan fingerprint density at radius 3 is 2.45 bits per heavy atom. The molecule has 1 saturated carbocycles. The standard InChI is InChI=1S/C18H25ClN2O/c19-16-11-9-15(10-12-16)18(14-6-2-1-3-7-14)20-21-13-5-4-8-17(21)22/h9-12,14,18,20H,1-8,13H2/t18-/m1/s1. The van der Waals surface area contributed by atoms with Gasteiger partial charge in [-0.2, -0.15) is 0 Å². The molecule has 1 N–H and O–H groups in total. The van der Waals surface area contributed by atoms with Crippen LogP contribution in [0.15, 0.2) is 24.3 Å². The predicted molar refractivity (Wildman–Crippen MR) is 89.5 cm³/mol. The Kier molecular flexibility index (Phi) is 5.37. The van der Waals surface area contributed by atoms with Crippen LogP contribution in [-0.4, -0.2) is 17.5 Å². The van der Waals surface area contributed by atoms with E-state index in [1.54, 1.807) is 0 Å². The maximum atomic E-state index is 12.1. The SMILES string of the molecule is O=C1CCCCN1N[C@@H](c1ccc(Cl)cc1)C1CCCCC1. The lowest BCUT2D eigenvalue weighted by atomic mass is 9.81. The van der Waals surface area contributed by atoms with E-state index in [4.69, 9.17) is 11.6 Å². The van der Waals surface area contributed by atoms with Crippen LogP contribution in [0.1, 0.15) is 63.0 Å². The van der Waals surface area contributed by atoms with Gasteiger partial charge in [-0.05, 0) is 49.3 Å². The number of piperidine rings is 1. The Balaban J connectivity index is 1.78. The average Bonchev–Trinajstić information content (AvgIpc) is 2.56. The number of amides is 1. The van der Waals surface area contributed by atoms with Gasteiger partial charge in [0.15, 0.2) is 0 Å². The molecule has 1 heterocycles. The van der Waals surface area contributed by atoms with E-state index in [0.29, 0.717) is 12.3 Å². The van der Waals surface area contributed by atoms with E-state index < -0.39 is 0 Å². The fourth-order valence-corrected chi connectivity index (χ4v) is 3.83. The van der Waals surface area contributed by atoms with E-state index in [2.05, 4.69) is 17.6 Å². The first kappa shape index (κ1) is 15.8. The van der Waals surface area contributed by atoms with Crippen molar-refractivity contribution in [2.45, 2.75) is 57.4 Å². The van der Waals surface area contributed by atoms with Crippen molar-refractivity contribution >= 4 is 17.5 Å². The molecule has 0 unspecified atom stereocenters. The lowest BCUT2D eigenvalue weighted by Gasteiger charge is -2.37. The fourth-order valence-electron chi connectivity index (χ4n) is 3.70. The van der Waals surface area contributed by atoms with Gasteiger partial charge in [0.25, 0.3) is 0 Å². The number of nitrogens with one attached hydrogen (secondary N) is 1. The fraction of sp³-hybridized carbons (Fsp3) is 0.611. The smallest absolute Gasteiger partial charge is 0.236 e. The van der Waals surface area contributed by atoms with Gasteiger partial charge in [-0.15, -0.1) is 0 Å². The molecular formula is C18H25ClN2O. The largest absolute Gasteiger partial charge is 0.277 e. The first-order valence-corrected chi connectivity index (χ1v) is 8.94. The predicted octanol–water partition coefficient (Wildman–Crippen LogP) is 4.48. The third kappa shape index (κ3) is 3.82. The van der Waals surface area contributed by atoms with Gasteiger partial charge in [-0.3, -0.25) is 9.80 Å². The molecule has 3 rings (SSSR count). The number of carbonyl (C=O) groups excluding carboxylic acids is 1. The maximum absolute atomic E-state index is 12.1. The highest BCUT2D eigenvalue weighted by Crippen LogP contribution is 2.35. The maximum Gasteiger partial charge on any atom is 0.236 e. The molecule has 1 saturated heterocycles. The minimum absolute atomic E-state index is 0.222. The van der Waals surface area contributed by atoms with Crippen molar-refractivity contribution in [3.8, 4) is 0 Å². The van der Waals surface area contributed by atoms with Crippen molar-refractivity contribution in [2.24, 2.45) is 5.92 Å². The lowest BCUT2D eigenvalue weighted by Crippen LogP contribution is -2.49. The summed E-state index contributed by atoms with van der Waals surface area (Å²) in [5.41, 5.74) is 4.80. The zero-order valence-electron chi connectivity index (χ0n) is 13.1. The van der Waals surface area contributed by atoms with Crippen molar-refractivity contribution in [3.63, 3.8) is 0 Å². The minimum atomic E-state index is 0.222. The normalized spacial score (nSPS) is 21.9. The van der Waals surface area contributed by atoms with Crippen LogP contribution in [0.2, 0.25) is 5.02 Å². The molecule has 3 nitrogen and oxygen atoms in total. The molecule has 1 amide bonds. The molecule has 1 aromatic rings. The van der Waals surface area contributed by atoms with Gasteiger partial charge in [0.2, 0.25) is 5.91 Å². The average molecular weight is 321 g/mol. The first-order chi connectivity index (χ1) is 10.7. The van der Waals surface area contributed by atoms with E-state index in [0.717, 1.165) is 24.4 Å². The number of nitrogens with zero attached hydrogens (tertiary/aromatic N) is 1. The molecule has 1 aliphatic heterocycles. The first-order valence-electron chi connectivity index (χ1n) is 8.56. The van der Waals surface area contributed by atoms with Crippen molar-refractivity contribution < 1.29 is 4.79 Å². The number of carbonyl (C=O) groups is 1.